The van der Waals surface area contributed by atoms with Crippen LogP contribution in [0.1, 0.15) is 33.3 Å². The van der Waals surface area contributed by atoms with E-state index in [1.165, 1.54) is 38.5 Å². The van der Waals surface area contributed by atoms with Crippen molar-refractivity contribution in [2.75, 3.05) is 17.3 Å². The molecule has 0 fully saturated rings. The van der Waals surface area contributed by atoms with Gasteiger partial charge in [0, 0.05) is 16.4 Å². The molecule has 0 radical (unpaired) electrons. The van der Waals surface area contributed by atoms with E-state index >= 15 is 0 Å². The van der Waals surface area contributed by atoms with Gasteiger partial charge in [-0.25, -0.2) is 0 Å². The first-order valence-electron chi connectivity index (χ1n) is 7.27. The molecule has 2 aromatic rings. The Hall–Kier alpha value is -0.600. The van der Waals surface area contributed by atoms with Crippen LogP contribution in [0.5, 0.6) is 0 Å². The van der Waals surface area contributed by atoms with E-state index in [0.717, 1.165) is 0 Å². The van der Waals surface area contributed by atoms with Gasteiger partial charge in [0.15, 0.2) is 0 Å². The van der Waals surface area contributed by atoms with Gasteiger partial charge in [-0.2, -0.15) is 11.8 Å². The Bertz CT molecular complexity index is 567. The Morgan fingerprint density at radius 3 is 2.25 bits per heavy atom. The van der Waals surface area contributed by atoms with Crippen LogP contribution in [0, 0.1) is 0 Å². The van der Waals surface area contributed by atoms with Crippen LogP contribution in [-0.2, 0) is 5.41 Å². The topological polar surface area (TPSA) is 0 Å². The number of hydrogen-bond acceptors (Lipinski definition) is 2. The smallest absolute Gasteiger partial charge is 0.0151 e. The Labute approximate surface area is 131 Å². The second-order valence-corrected chi connectivity index (χ2v) is 8.48. The molecule has 2 aromatic carbocycles. The van der Waals surface area contributed by atoms with Crippen molar-refractivity contribution in [1.29, 1.82) is 0 Å². The van der Waals surface area contributed by atoms with Gasteiger partial charge in [0.2, 0.25) is 0 Å². The molecule has 0 aromatic heterocycles. The van der Waals surface area contributed by atoms with Gasteiger partial charge in [0.25, 0.3) is 0 Å². The summed E-state index contributed by atoms with van der Waals surface area (Å²) in [7, 11) is 0. The van der Waals surface area contributed by atoms with E-state index < -0.39 is 0 Å². The van der Waals surface area contributed by atoms with E-state index in [9.17, 15) is 0 Å². The number of thioether (sulfide) groups is 2. The van der Waals surface area contributed by atoms with E-state index in [1.54, 1.807) is 0 Å². The van der Waals surface area contributed by atoms with Gasteiger partial charge in [0.05, 0.1) is 0 Å². The first-order chi connectivity index (χ1) is 9.54. The summed E-state index contributed by atoms with van der Waals surface area (Å²) in [4.78, 5) is 1.42. The van der Waals surface area contributed by atoms with Crippen LogP contribution >= 0.6 is 23.5 Å². The first kappa shape index (κ1) is 15.8. The summed E-state index contributed by atoms with van der Waals surface area (Å²) in [6.45, 7) is 9.10. The lowest BCUT2D eigenvalue weighted by Crippen LogP contribution is -2.11. The van der Waals surface area contributed by atoms with Crippen molar-refractivity contribution in [1.82, 2.24) is 0 Å². The maximum Gasteiger partial charge on any atom is 0.0151 e. The van der Waals surface area contributed by atoms with Gasteiger partial charge in [-0.1, -0.05) is 58.0 Å². The van der Waals surface area contributed by atoms with Gasteiger partial charge < -0.3 is 0 Å². The van der Waals surface area contributed by atoms with Crippen molar-refractivity contribution in [3.05, 3.63) is 42.0 Å². The van der Waals surface area contributed by atoms with Crippen LogP contribution in [0.25, 0.3) is 10.8 Å². The molecule has 20 heavy (non-hydrogen) atoms. The van der Waals surface area contributed by atoms with E-state index in [2.05, 4.69) is 64.1 Å². The molecule has 108 valence electrons. The van der Waals surface area contributed by atoms with Crippen LogP contribution in [0.3, 0.4) is 0 Å². The van der Waals surface area contributed by atoms with Crippen LogP contribution in [0.15, 0.2) is 41.3 Å². The lowest BCUT2D eigenvalue weighted by molar-refractivity contribution is 0.595. The van der Waals surface area contributed by atoms with Crippen molar-refractivity contribution in [3.8, 4) is 0 Å². The highest BCUT2D eigenvalue weighted by molar-refractivity contribution is 8.03. The molecule has 0 N–H and O–H groups in total. The number of fused-ring (bicyclic) bond motifs is 1. The average molecular weight is 305 g/mol. The minimum atomic E-state index is 0.195. The fourth-order valence-corrected chi connectivity index (χ4v) is 4.22. The molecule has 0 saturated heterocycles. The summed E-state index contributed by atoms with van der Waals surface area (Å²) in [6.07, 6.45) is 0. The van der Waals surface area contributed by atoms with Crippen molar-refractivity contribution in [3.63, 3.8) is 0 Å². The van der Waals surface area contributed by atoms with Crippen molar-refractivity contribution in [2.24, 2.45) is 0 Å². The molecule has 0 aliphatic heterocycles. The summed E-state index contributed by atoms with van der Waals surface area (Å²) in [5.74, 6) is 3.64. The van der Waals surface area contributed by atoms with Gasteiger partial charge in [-0.05, 0) is 33.6 Å². The molecule has 0 saturated carbocycles. The van der Waals surface area contributed by atoms with E-state index in [1.807, 2.05) is 23.5 Å². The first-order valence-corrected chi connectivity index (χ1v) is 9.41. The van der Waals surface area contributed by atoms with Gasteiger partial charge in [-0.15, -0.1) is 11.8 Å². The Morgan fingerprint density at radius 1 is 0.900 bits per heavy atom. The molecule has 0 heterocycles. The molecule has 0 unspecified atom stereocenters. The van der Waals surface area contributed by atoms with Gasteiger partial charge in [0.1, 0.15) is 0 Å². The normalized spacial score (nSPS) is 12.0. The van der Waals surface area contributed by atoms with Crippen LogP contribution in [-0.4, -0.2) is 17.3 Å². The van der Waals surface area contributed by atoms with Crippen molar-refractivity contribution in [2.45, 2.75) is 38.0 Å². The third kappa shape index (κ3) is 3.73. The number of hydrogen-bond donors (Lipinski definition) is 0. The lowest BCUT2D eigenvalue weighted by Gasteiger charge is -2.22. The monoisotopic (exact) mass is 304 g/mol. The van der Waals surface area contributed by atoms with Crippen LogP contribution < -0.4 is 0 Å². The Morgan fingerprint density at radius 2 is 1.60 bits per heavy atom. The quantitative estimate of drug-likeness (QED) is 0.492. The zero-order valence-electron chi connectivity index (χ0n) is 12.9. The minimum Gasteiger partial charge on any atom is -0.161 e. The van der Waals surface area contributed by atoms with Crippen LogP contribution in [0.4, 0.5) is 0 Å². The Balaban J connectivity index is 2.34. The second kappa shape index (κ2) is 6.91. The molecule has 0 amide bonds. The third-order valence-electron chi connectivity index (χ3n) is 3.38. The number of benzene rings is 2. The molecule has 0 nitrogen and oxygen atoms in total. The van der Waals surface area contributed by atoms with Crippen LogP contribution in [0.2, 0.25) is 0 Å². The maximum absolute atomic E-state index is 2.32. The van der Waals surface area contributed by atoms with E-state index in [4.69, 9.17) is 0 Å². The summed E-state index contributed by atoms with van der Waals surface area (Å²) in [5, 5.41) is 2.82. The van der Waals surface area contributed by atoms with Gasteiger partial charge in [-0.3, -0.25) is 0 Å². The Kier molecular flexibility index (Phi) is 5.45. The molecule has 2 rings (SSSR count). The number of rotatable bonds is 5. The van der Waals surface area contributed by atoms with Gasteiger partial charge >= 0.3 is 0 Å². The maximum atomic E-state index is 2.32. The highest BCUT2D eigenvalue weighted by Crippen LogP contribution is 2.35. The molecule has 0 atom stereocenters. The highest BCUT2D eigenvalue weighted by atomic mass is 32.2. The molecule has 0 aliphatic carbocycles. The SMILES string of the molecule is CCSCCSc1ccc(C(C)(C)C)c2ccccc12. The molecular formula is C18H24S2. The fraction of sp³-hybridized carbons (Fsp3) is 0.444. The summed E-state index contributed by atoms with van der Waals surface area (Å²) < 4.78 is 0. The fourth-order valence-electron chi connectivity index (χ4n) is 2.41. The average Bonchev–Trinajstić information content (AvgIpc) is 2.42. The summed E-state index contributed by atoms with van der Waals surface area (Å²) in [6, 6.07) is 13.5. The second-order valence-electron chi connectivity index (χ2n) is 5.95. The van der Waals surface area contributed by atoms with E-state index in [-0.39, 0.29) is 5.41 Å². The predicted molar refractivity (Wildman–Crippen MR) is 96.4 cm³/mol. The summed E-state index contributed by atoms with van der Waals surface area (Å²) in [5.41, 5.74) is 1.64. The van der Waals surface area contributed by atoms with E-state index in [0.29, 0.717) is 0 Å². The predicted octanol–water partition coefficient (Wildman–Crippen LogP) is 5.98. The molecule has 0 bridgehead atoms. The molecule has 0 aliphatic rings. The molecule has 2 heteroatoms. The summed E-state index contributed by atoms with van der Waals surface area (Å²) >= 11 is 4.01. The molecular weight excluding hydrogens is 280 g/mol. The lowest BCUT2D eigenvalue weighted by atomic mass is 9.84. The molecule has 0 spiro atoms. The third-order valence-corrected chi connectivity index (χ3v) is 5.62. The standard InChI is InChI=1S/C18H24S2/c1-5-19-12-13-20-17-11-10-16(18(2,3)4)14-8-6-7-9-15(14)17/h6-11H,5,12-13H2,1-4H3. The minimum absolute atomic E-state index is 0.195. The zero-order chi connectivity index (χ0) is 14.6. The zero-order valence-corrected chi connectivity index (χ0v) is 14.5. The highest BCUT2D eigenvalue weighted by Gasteiger charge is 2.17. The van der Waals surface area contributed by atoms with Crippen molar-refractivity contribution >= 4 is 34.3 Å². The largest absolute Gasteiger partial charge is 0.161 e. The van der Waals surface area contributed by atoms with Crippen molar-refractivity contribution < 1.29 is 0 Å².